The summed E-state index contributed by atoms with van der Waals surface area (Å²) in [6.07, 6.45) is 0. The Morgan fingerprint density at radius 1 is 0.905 bits per heavy atom. The minimum absolute atomic E-state index is 0.260. The Morgan fingerprint density at radius 2 is 1.33 bits per heavy atom. The van der Waals surface area contributed by atoms with Crippen molar-refractivity contribution < 1.29 is 19.1 Å². The molecule has 0 saturated heterocycles. The van der Waals surface area contributed by atoms with Crippen LogP contribution in [0.25, 0.3) is 0 Å². The Balaban J connectivity index is 3.05. The highest BCUT2D eigenvalue weighted by Gasteiger charge is 2.35. The molecule has 0 bridgehead atoms. The molecule has 1 aromatic carbocycles. The third-order valence-electron chi connectivity index (χ3n) is 3.58. The molecule has 1 aromatic rings. The van der Waals surface area contributed by atoms with Crippen molar-refractivity contribution in [2.24, 2.45) is 11.8 Å². The maximum Gasteiger partial charge on any atom is 0.309 e. The fraction of sp³-hybridized carbons (Fsp3) is 0.529. The van der Waals surface area contributed by atoms with Crippen LogP contribution in [-0.4, -0.2) is 25.2 Å². The molecule has 21 heavy (non-hydrogen) atoms. The van der Waals surface area contributed by atoms with Crippen LogP contribution in [0.2, 0.25) is 0 Å². The molecule has 1 rings (SSSR count). The summed E-state index contributed by atoms with van der Waals surface area (Å²) in [6, 6.07) is 9.56. The van der Waals surface area contributed by atoms with Gasteiger partial charge in [-0.25, -0.2) is 0 Å². The predicted molar refractivity (Wildman–Crippen MR) is 80.8 cm³/mol. The smallest absolute Gasteiger partial charge is 0.309 e. The normalized spacial score (nSPS) is 14.9. The second-order valence-corrected chi connectivity index (χ2v) is 5.02. The van der Waals surface area contributed by atoms with Crippen molar-refractivity contribution in [3.8, 4) is 0 Å². The third kappa shape index (κ3) is 4.59. The molecule has 0 aliphatic heterocycles. The molecule has 2 unspecified atom stereocenters. The van der Waals surface area contributed by atoms with Gasteiger partial charge in [0.15, 0.2) is 0 Å². The van der Waals surface area contributed by atoms with Gasteiger partial charge in [0.2, 0.25) is 0 Å². The van der Waals surface area contributed by atoms with Gasteiger partial charge in [0.1, 0.15) is 0 Å². The Labute approximate surface area is 126 Å². The molecular weight excluding hydrogens is 268 g/mol. The molecule has 0 aliphatic rings. The highest BCUT2D eigenvalue weighted by atomic mass is 16.5. The molecule has 0 aromatic heterocycles. The summed E-state index contributed by atoms with van der Waals surface area (Å²) >= 11 is 0. The Hall–Kier alpha value is -1.84. The van der Waals surface area contributed by atoms with Crippen LogP contribution in [0.5, 0.6) is 0 Å². The molecule has 116 valence electrons. The summed E-state index contributed by atoms with van der Waals surface area (Å²) in [5.41, 5.74) is 0.943. The third-order valence-corrected chi connectivity index (χ3v) is 3.58. The van der Waals surface area contributed by atoms with Crippen molar-refractivity contribution in [2.45, 2.75) is 33.6 Å². The maximum atomic E-state index is 12.1. The van der Waals surface area contributed by atoms with Gasteiger partial charge in [0.05, 0.1) is 25.0 Å². The van der Waals surface area contributed by atoms with Crippen molar-refractivity contribution in [2.75, 3.05) is 13.2 Å². The second kappa shape index (κ2) is 8.45. The standard InChI is InChI=1S/C17H24O4/c1-5-20-16(18)12(3)15(13(4)17(19)21-6-2)14-10-8-7-9-11-14/h7-13,15H,5-6H2,1-4H3. The number of rotatable bonds is 7. The van der Waals surface area contributed by atoms with Crippen LogP contribution < -0.4 is 0 Å². The summed E-state index contributed by atoms with van der Waals surface area (Å²) in [5.74, 6) is -1.66. The van der Waals surface area contributed by atoms with Crippen LogP contribution in [0.1, 0.15) is 39.2 Å². The topological polar surface area (TPSA) is 52.6 Å². The molecule has 0 fully saturated rings. The quantitative estimate of drug-likeness (QED) is 0.724. The van der Waals surface area contributed by atoms with Gasteiger partial charge < -0.3 is 9.47 Å². The molecule has 4 heteroatoms. The summed E-state index contributed by atoms with van der Waals surface area (Å²) < 4.78 is 10.2. The zero-order valence-electron chi connectivity index (χ0n) is 13.2. The van der Waals surface area contributed by atoms with Crippen LogP contribution in [0, 0.1) is 11.8 Å². The fourth-order valence-corrected chi connectivity index (χ4v) is 2.53. The molecule has 0 N–H and O–H groups in total. The van der Waals surface area contributed by atoms with E-state index in [0.717, 1.165) is 5.56 Å². The predicted octanol–water partition coefficient (Wildman–Crippen LogP) is 3.17. The Morgan fingerprint density at radius 3 is 1.71 bits per heavy atom. The molecule has 0 spiro atoms. The average Bonchev–Trinajstić information content (AvgIpc) is 2.48. The van der Waals surface area contributed by atoms with E-state index in [1.54, 1.807) is 27.7 Å². The number of benzene rings is 1. The van der Waals surface area contributed by atoms with Gasteiger partial charge in [-0.15, -0.1) is 0 Å². The van der Waals surface area contributed by atoms with Gasteiger partial charge >= 0.3 is 11.9 Å². The van der Waals surface area contributed by atoms with Gasteiger partial charge in [-0.2, -0.15) is 0 Å². The van der Waals surface area contributed by atoms with Gasteiger partial charge in [0.25, 0.3) is 0 Å². The highest BCUT2D eigenvalue weighted by molar-refractivity contribution is 5.78. The maximum absolute atomic E-state index is 12.1. The van der Waals surface area contributed by atoms with Crippen molar-refractivity contribution in [1.82, 2.24) is 0 Å². The zero-order valence-corrected chi connectivity index (χ0v) is 13.2. The van der Waals surface area contributed by atoms with Gasteiger partial charge in [-0.3, -0.25) is 9.59 Å². The summed E-state index contributed by atoms with van der Waals surface area (Å²) in [4.78, 5) is 24.1. The molecule has 0 radical (unpaired) electrons. The van der Waals surface area contributed by atoms with Crippen LogP contribution in [0.15, 0.2) is 30.3 Å². The van der Waals surface area contributed by atoms with Crippen LogP contribution in [0.3, 0.4) is 0 Å². The van der Waals surface area contributed by atoms with Crippen LogP contribution >= 0.6 is 0 Å². The SMILES string of the molecule is CCOC(=O)C(C)C(c1ccccc1)C(C)C(=O)OCC. The van der Waals surface area contributed by atoms with Crippen molar-refractivity contribution >= 4 is 11.9 Å². The highest BCUT2D eigenvalue weighted by Crippen LogP contribution is 2.33. The van der Waals surface area contributed by atoms with Gasteiger partial charge in [-0.1, -0.05) is 44.2 Å². The molecule has 0 amide bonds. The Kier molecular flexibility index (Phi) is 6.92. The van der Waals surface area contributed by atoms with E-state index in [4.69, 9.17) is 9.47 Å². The number of esters is 2. The first kappa shape index (κ1) is 17.2. The van der Waals surface area contributed by atoms with Crippen molar-refractivity contribution in [3.63, 3.8) is 0 Å². The summed E-state index contributed by atoms with van der Waals surface area (Å²) in [7, 11) is 0. The van der Waals surface area contributed by atoms with E-state index >= 15 is 0 Å². The zero-order chi connectivity index (χ0) is 15.8. The van der Waals surface area contributed by atoms with E-state index in [9.17, 15) is 9.59 Å². The van der Waals surface area contributed by atoms with E-state index in [0.29, 0.717) is 13.2 Å². The lowest BCUT2D eigenvalue weighted by Gasteiger charge is -2.27. The molecular formula is C17H24O4. The fourth-order valence-electron chi connectivity index (χ4n) is 2.53. The van der Waals surface area contributed by atoms with E-state index in [-0.39, 0.29) is 17.9 Å². The lowest BCUT2D eigenvalue weighted by molar-refractivity contribution is -0.152. The van der Waals surface area contributed by atoms with E-state index < -0.39 is 11.8 Å². The van der Waals surface area contributed by atoms with Crippen LogP contribution in [0.4, 0.5) is 0 Å². The average molecular weight is 292 g/mol. The number of ether oxygens (including phenoxy) is 2. The van der Waals surface area contributed by atoms with Crippen molar-refractivity contribution in [3.05, 3.63) is 35.9 Å². The Bertz CT molecular complexity index is 431. The van der Waals surface area contributed by atoms with Crippen LogP contribution in [-0.2, 0) is 19.1 Å². The van der Waals surface area contributed by atoms with Gasteiger partial charge in [0, 0.05) is 5.92 Å². The molecule has 0 aliphatic carbocycles. The number of hydrogen-bond donors (Lipinski definition) is 0. The number of carbonyl (C=O) groups is 2. The minimum atomic E-state index is -0.410. The van der Waals surface area contributed by atoms with E-state index in [1.807, 2.05) is 30.3 Å². The first-order valence-corrected chi connectivity index (χ1v) is 7.41. The van der Waals surface area contributed by atoms with E-state index in [1.165, 1.54) is 0 Å². The number of carbonyl (C=O) groups excluding carboxylic acids is 2. The largest absolute Gasteiger partial charge is 0.466 e. The summed E-state index contributed by atoms with van der Waals surface area (Å²) in [5, 5.41) is 0. The van der Waals surface area contributed by atoms with Gasteiger partial charge in [-0.05, 0) is 19.4 Å². The minimum Gasteiger partial charge on any atom is -0.466 e. The molecule has 4 nitrogen and oxygen atoms in total. The second-order valence-electron chi connectivity index (χ2n) is 5.02. The monoisotopic (exact) mass is 292 g/mol. The lowest BCUT2D eigenvalue weighted by atomic mass is 9.78. The molecule has 2 atom stereocenters. The first-order chi connectivity index (χ1) is 10.0. The first-order valence-electron chi connectivity index (χ1n) is 7.41. The molecule has 0 heterocycles. The van der Waals surface area contributed by atoms with Crippen molar-refractivity contribution in [1.29, 1.82) is 0 Å². The lowest BCUT2D eigenvalue weighted by Crippen LogP contribution is -2.31. The summed E-state index contributed by atoms with van der Waals surface area (Å²) in [6.45, 7) is 7.81. The number of hydrogen-bond acceptors (Lipinski definition) is 4. The van der Waals surface area contributed by atoms with E-state index in [2.05, 4.69) is 0 Å². The molecule has 0 saturated carbocycles.